The predicted molar refractivity (Wildman–Crippen MR) is 93.5 cm³/mol. The van der Waals surface area contributed by atoms with Gasteiger partial charge >= 0.3 is 0 Å². The molecule has 0 aromatic carbocycles. The van der Waals surface area contributed by atoms with Gasteiger partial charge in [0.15, 0.2) is 0 Å². The molecule has 0 radical (unpaired) electrons. The van der Waals surface area contributed by atoms with E-state index in [1.807, 2.05) is 0 Å². The zero-order valence-corrected chi connectivity index (χ0v) is 16.4. The topological polar surface area (TPSA) is 0 Å². The van der Waals surface area contributed by atoms with E-state index in [1.165, 1.54) is 22.7 Å². The number of rotatable bonds is 3. The lowest BCUT2D eigenvalue weighted by atomic mass is 10.3. The van der Waals surface area contributed by atoms with E-state index in [0.29, 0.717) is 9.75 Å². The van der Waals surface area contributed by atoms with Crippen LogP contribution < -0.4 is 9.00 Å². The summed E-state index contributed by atoms with van der Waals surface area (Å²) in [4.78, 5) is 0.962. The van der Waals surface area contributed by atoms with Gasteiger partial charge in [-0.05, 0) is 21.1 Å². The molecule has 2 heterocycles. The number of thiophene rings is 2. The van der Waals surface area contributed by atoms with Gasteiger partial charge in [-0.2, -0.15) is 0 Å². The van der Waals surface area contributed by atoms with Crippen molar-refractivity contribution in [1.29, 1.82) is 0 Å². The van der Waals surface area contributed by atoms with Crippen molar-refractivity contribution < 1.29 is 8.78 Å². The van der Waals surface area contributed by atoms with E-state index in [-0.39, 0.29) is 11.6 Å². The average Bonchev–Trinajstić information content (AvgIpc) is 2.80. The van der Waals surface area contributed by atoms with Crippen LogP contribution in [0.25, 0.3) is 9.75 Å². The molecule has 0 N–H and O–H groups in total. The van der Waals surface area contributed by atoms with Crippen molar-refractivity contribution >= 4 is 47.8 Å². The smallest absolute Gasteiger partial charge is 0.142 e. The summed E-state index contributed by atoms with van der Waals surface area (Å²) in [5.74, 6) is -0.536. The molecule has 0 nitrogen and oxygen atoms in total. The molecule has 20 heavy (non-hydrogen) atoms. The fourth-order valence-corrected chi connectivity index (χ4v) is 7.68. The molecule has 2 rings (SSSR count). The van der Waals surface area contributed by atoms with E-state index < -0.39 is 16.1 Å². The van der Waals surface area contributed by atoms with Gasteiger partial charge in [0.1, 0.15) is 11.6 Å². The van der Waals surface area contributed by atoms with Gasteiger partial charge in [-0.15, -0.1) is 22.7 Å². The summed E-state index contributed by atoms with van der Waals surface area (Å²) in [7, 11) is -3.11. The van der Waals surface area contributed by atoms with E-state index >= 15 is 0 Å². The SMILES string of the molecule is C[Si](C)(C)c1cc(F)c(-c2sc([Si](C)(C)C)cc2F)s1. The number of halogens is 2. The van der Waals surface area contributed by atoms with Gasteiger partial charge in [0, 0.05) is 0 Å². The zero-order chi connectivity index (χ0) is 15.3. The summed E-state index contributed by atoms with van der Waals surface area (Å²) < 4.78 is 30.6. The summed E-state index contributed by atoms with van der Waals surface area (Å²) >= 11 is 2.86. The van der Waals surface area contributed by atoms with Crippen LogP contribution in [0.2, 0.25) is 39.3 Å². The maximum atomic E-state index is 14.2. The fraction of sp³-hybridized carbons (Fsp3) is 0.429. The van der Waals surface area contributed by atoms with Crippen LogP contribution >= 0.6 is 22.7 Å². The van der Waals surface area contributed by atoms with Crippen LogP contribution in [0.1, 0.15) is 0 Å². The molecule has 0 spiro atoms. The van der Waals surface area contributed by atoms with E-state index in [9.17, 15) is 8.78 Å². The first-order valence-corrected chi connectivity index (χ1v) is 15.2. The molecule has 0 saturated carbocycles. The summed E-state index contributed by atoms with van der Waals surface area (Å²) in [6.07, 6.45) is 0. The van der Waals surface area contributed by atoms with Crippen molar-refractivity contribution in [2.75, 3.05) is 0 Å². The van der Waals surface area contributed by atoms with Crippen molar-refractivity contribution in [3.05, 3.63) is 23.8 Å². The summed E-state index contributed by atoms with van der Waals surface area (Å²) in [5, 5.41) is 0. The molecule has 0 atom stereocenters. The maximum Gasteiger partial charge on any atom is 0.142 e. The van der Waals surface area contributed by atoms with E-state index in [4.69, 9.17) is 0 Å². The number of hydrogen-bond acceptors (Lipinski definition) is 2. The van der Waals surface area contributed by atoms with Gasteiger partial charge in [0.25, 0.3) is 0 Å². The van der Waals surface area contributed by atoms with Crippen LogP contribution in [0.5, 0.6) is 0 Å². The highest BCUT2D eigenvalue weighted by Gasteiger charge is 2.27. The lowest BCUT2D eigenvalue weighted by Crippen LogP contribution is -2.34. The van der Waals surface area contributed by atoms with Gasteiger partial charge in [0.05, 0.1) is 25.9 Å². The van der Waals surface area contributed by atoms with Gasteiger partial charge in [0.2, 0.25) is 0 Å². The van der Waals surface area contributed by atoms with Crippen LogP contribution in [0.4, 0.5) is 8.78 Å². The third kappa shape index (κ3) is 3.13. The molecule has 0 amide bonds. The Kier molecular flexibility index (Phi) is 4.14. The minimum absolute atomic E-state index is 0.268. The maximum absolute atomic E-state index is 14.2. The largest absolute Gasteiger partial charge is 0.205 e. The molecule has 0 fully saturated rings. The quantitative estimate of drug-likeness (QED) is 0.697. The monoisotopic (exact) mass is 346 g/mol. The third-order valence-corrected chi connectivity index (χ3v) is 12.6. The van der Waals surface area contributed by atoms with Crippen molar-refractivity contribution in [1.82, 2.24) is 0 Å². The lowest BCUT2D eigenvalue weighted by Gasteiger charge is -2.12. The standard InChI is InChI=1S/C14H20F2S2Si2/c1-19(2,3)11-7-9(15)13(17-11)14-10(16)8-12(18-14)20(4,5)6/h7-8H,1-6H3. The Morgan fingerprint density at radius 3 is 1.20 bits per heavy atom. The second-order valence-corrected chi connectivity index (χ2v) is 20.0. The fourth-order valence-electron chi connectivity index (χ4n) is 1.79. The molecule has 0 unspecified atom stereocenters. The Labute approximate surface area is 129 Å². The van der Waals surface area contributed by atoms with E-state index in [2.05, 4.69) is 39.3 Å². The first-order valence-electron chi connectivity index (χ1n) is 6.60. The molecule has 0 aliphatic rings. The first kappa shape index (κ1) is 16.1. The van der Waals surface area contributed by atoms with Crippen molar-refractivity contribution in [3.63, 3.8) is 0 Å². The van der Waals surface area contributed by atoms with Crippen molar-refractivity contribution in [2.24, 2.45) is 0 Å². The molecule has 0 saturated heterocycles. The molecule has 110 valence electrons. The summed E-state index contributed by atoms with van der Waals surface area (Å²) in [6.45, 7) is 13.1. The van der Waals surface area contributed by atoms with Gasteiger partial charge in [-0.3, -0.25) is 0 Å². The lowest BCUT2D eigenvalue weighted by molar-refractivity contribution is 0.624. The Bertz CT molecular complexity index is 574. The Morgan fingerprint density at radius 1 is 0.700 bits per heavy atom. The van der Waals surface area contributed by atoms with E-state index in [0.717, 1.165) is 9.00 Å². The van der Waals surface area contributed by atoms with Crippen LogP contribution in [0.15, 0.2) is 12.1 Å². The Morgan fingerprint density at radius 2 is 1.00 bits per heavy atom. The molecule has 0 bridgehead atoms. The van der Waals surface area contributed by atoms with Gasteiger partial charge < -0.3 is 0 Å². The first-order chi connectivity index (χ1) is 9.00. The minimum atomic E-state index is -1.55. The molecule has 0 aliphatic carbocycles. The highest BCUT2D eigenvalue weighted by molar-refractivity contribution is 7.33. The van der Waals surface area contributed by atoms with Crippen molar-refractivity contribution in [3.8, 4) is 9.75 Å². The second-order valence-electron chi connectivity index (χ2n) is 7.08. The van der Waals surface area contributed by atoms with E-state index in [1.54, 1.807) is 12.1 Å². The average molecular weight is 347 g/mol. The van der Waals surface area contributed by atoms with Crippen molar-refractivity contribution in [2.45, 2.75) is 39.3 Å². The molecule has 2 aromatic rings. The predicted octanol–water partition coefficient (Wildman–Crippen LogP) is 4.85. The van der Waals surface area contributed by atoms with Crippen LogP contribution in [0, 0.1) is 11.6 Å². The highest BCUT2D eigenvalue weighted by atomic mass is 32.1. The Balaban J connectivity index is 2.53. The molecular weight excluding hydrogens is 326 g/mol. The second kappa shape index (κ2) is 5.16. The van der Waals surface area contributed by atoms with Crippen LogP contribution in [-0.4, -0.2) is 16.1 Å². The summed E-state index contributed by atoms with van der Waals surface area (Å²) in [6, 6.07) is 3.22. The third-order valence-electron chi connectivity index (χ3n) is 3.06. The van der Waals surface area contributed by atoms with Gasteiger partial charge in [-0.1, -0.05) is 39.3 Å². The molecule has 0 aliphatic heterocycles. The zero-order valence-electron chi connectivity index (χ0n) is 12.7. The van der Waals surface area contributed by atoms with Crippen LogP contribution in [0.3, 0.4) is 0 Å². The van der Waals surface area contributed by atoms with Crippen LogP contribution in [-0.2, 0) is 0 Å². The molecular formula is C14H20F2S2Si2. The Hall–Kier alpha value is -0.306. The minimum Gasteiger partial charge on any atom is -0.205 e. The normalized spacial score (nSPS) is 13.0. The summed E-state index contributed by atoms with van der Waals surface area (Å²) in [5.41, 5.74) is 0. The molecule has 6 heteroatoms. The highest BCUT2D eigenvalue weighted by Crippen LogP contribution is 2.34. The van der Waals surface area contributed by atoms with Gasteiger partial charge in [-0.25, -0.2) is 8.78 Å². The molecule has 2 aromatic heterocycles. The number of hydrogen-bond donors (Lipinski definition) is 0.